The molecule has 1 aromatic carbocycles. The summed E-state index contributed by atoms with van der Waals surface area (Å²) < 4.78 is 20.1. The predicted molar refractivity (Wildman–Crippen MR) is 109 cm³/mol. The first-order valence-corrected chi connectivity index (χ1v) is 10.2. The number of hydrogen-bond acceptors (Lipinski definition) is 5. The van der Waals surface area contributed by atoms with Gasteiger partial charge in [-0.1, -0.05) is 23.7 Å². The van der Waals surface area contributed by atoms with E-state index in [9.17, 15) is 9.18 Å². The maximum absolute atomic E-state index is 13.9. The SMILES string of the molecule is Cc1ccc(-c2ncc(CNC(=O)C3(F)CC3)c(OC3CCN(C)C3)n2)cc1Cl. The minimum Gasteiger partial charge on any atom is -0.473 e. The van der Waals surface area contributed by atoms with Gasteiger partial charge in [-0.05, 0) is 44.9 Å². The van der Waals surface area contributed by atoms with Crippen molar-refractivity contribution in [2.45, 2.75) is 44.5 Å². The Morgan fingerprint density at radius 1 is 1.45 bits per heavy atom. The highest BCUT2D eigenvalue weighted by molar-refractivity contribution is 6.31. The monoisotopic (exact) mass is 418 g/mol. The van der Waals surface area contributed by atoms with Crippen molar-refractivity contribution < 1.29 is 13.9 Å². The summed E-state index contributed by atoms with van der Waals surface area (Å²) in [5.41, 5.74) is 0.666. The van der Waals surface area contributed by atoms with Crippen molar-refractivity contribution in [3.05, 3.63) is 40.5 Å². The smallest absolute Gasteiger partial charge is 0.257 e. The third-order valence-corrected chi connectivity index (χ3v) is 5.82. The molecule has 2 aliphatic rings. The molecular formula is C21H24ClFN4O2. The van der Waals surface area contributed by atoms with Gasteiger partial charge in [-0.25, -0.2) is 9.37 Å². The van der Waals surface area contributed by atoms with Crippen LogP contribution in [0, 0.1) is 6.92 Å². The molecule has 1 aliphatic heterocycles. The van der Waals surface area contributed by atoms with E-state index in [2.05, 4.69) is 20.2 Å². The van der Waals surface area contributed by atoms with E-state index < -0.39 is 11.6 Å². The second kappa shape index (κ2) is 7.88. The molecule has 6 nitrogen and oxygen atoms in total. The van der Waals surface area contributed by atoms with Crippen molar-refractivity contribution in [2.75, 3.05) is 20.1 Å². The van der Waals surface area contributed by atoms with Crippen LogP contribution < -0.4 is 10.1 Å². The molecular weight excluding hydrogens is 395 g/mol. The van der Waals surface area contributed by atoms with E-state index in [1.54, 1.807) is 6.20 Å². The summed E-state index contributed by atoms with van der Waals surface area (Å²) in [4.78, 5) is 23.2. The number of rotatable bonds is 6. The Bertz CT molecular complexity index is 935. The van der Waals surface area contributed by atoms with E-state index in [0.29, 0.717) is 22.3 Å². The van der Waals surface area contributed by atoms with Crippen LogP contribution >= 0.6 is 11.6 Å². The van der Waals surface area contributed by atoms with Gasteiger partial charge in [0.05, 0.1) is 5.56 Å². The number of carbonyl (C=O) groups excluding carboxylic acids is 1. The van der Waals surface area contributed by atoms with Crippen LogP contribution in [0.5, 0.6) is 5.88 Å². The molecule has 2 fully saturated rings. The Labute approximate surface area is 174 Å². The third-order valence-electron chi connectivity index (χ3n) is 5.42. The number of halogens is 2. The standard InChI is InChI=1S/C21H24ClFN4O2/c1-13-3-4-14(9-17(13)22)18-24-10-15(11-25-20(28)21(23)6-7-21)19(26-18)29-16-5-8-27(2)12-16/h3-4,9-10,16H,5-8,11-12H2,1-2H3,(H,25,28). The van der Waals surface area contributed by atoms with Gasteiger partial charge in [-0.2, -0.15) is 4.98 Å². The highest BCUT2D eigenvalue weighted by Crippen LogP contribution is 2.40. The van der Waals surface area contributed by atoms with Crippen molar-refractivity contribution in [2.24, 2.45) is 0 Å². The highest BCUT2D eigenvalue weighted by Gasteiger charge is 2.50. The Morgan fingerprint density at radius 2 is 2.24 bits per heavy atom. The maximum Gasteiger partial charge on any atom is 0.257 e. The zero-order valence-corrected chi connectivity index (χ0v) is 17.3. The van der Waals surface area contributed by atoms with Crippen molar-refractivity contribution >= 4 is 17.5 Å². The summed E-state index contributed by atoms with van der Waals surface area (Å²) in [5.74, 6) is 0.321. The first kappa shape index (κ1) is 20.0. The lowest BCUT2D eigenvalue weighted by molar-refractivity contribution is -0.127. The zero-order valence-electron chi connectivity index (χ0n) is 16.5. The highest BCUT2D eigenvalue weighted by atomic mass is 35.5. The minimum atomic E-state index is -1.71. The summed E-state index contributed by atoms with van der Waals surface area (Å²) in [6.45, 7) is 3.81. The number of hydrogen-bond donors (Lipinski definition) is 1. The number of nitrogens with zero attached hydrogens (tertiary/aromatic N) is 3. The number of nitrogens with one attached hydrogen (secondary N) is 1. The van der Waals surface area contributed by atoms with Gasteiger partial charge in [0.1, 0.15) is 6.10 Å². The molecule has 2 aromatic rings. The Balaban J connectivity index is 1.58. The van der Waals surface area contributed by atoms with E-state index in [4.69, 9.17) is 16.3 Å². The molecule has 1 unspecified atom stereocenters. The number of likely N-dealkylation sites (N-methyl/N-ethyl adjacent to an activating group) is 1. The third kappa shape index (κ3) is 4.51. The number of amides is 1. The topological polar surface area (TPSA) is 67.3 Å². The fourth-order valence-corrected chi connectivity index (χ4v) is 3.49. The number of aromatic nitrogens is 2. The molecule has 8 heteroatoms. The fraction of sp³-hybridized carbons (Fsp3) is 0.476. The van der Waals surface area contributed by atoms with Crippen LogP contribution in [0.2, 0.25) is 5.02 Å². The molecule has 4 rings (SSSR count). The van der Waals surface area contributed by atoms with Crippen LogP contribution in [-0.2, 0) is 11.3 Å². The largest absolute Gasteiger partial charge is 0.473 e. The summed E-state index contributed by atoms with van der Waals surface area (Å²) >= 11 is 6.25. The first-order valence-electron chi connectivity index (χ1n) is 9.79. The van der Waals surface area contributed by atoms with Gasteiger partial charge in [0.15, 0.2) is 11.5 Å². The predicted octanol–water partition coefficient (Wildman–Crippen LogP) is 3.31. The number of carbonyl (C=O) groups is 1. The molecule has 0 bridgehead atoms. The van der Waals surface area contributed by atoms with Gasteiger partial charge < -0.3 is 15.0 Å². The number of benzene rings is 1. The second-order valence-corrected chi connectivity index (χ2v) is 8.33. The molecule has 1 saturated heterocycles. The average molecular weight is 419 g/mol. The molecule has 1 saturated carbocycles. The van der Waals surface area contributed by atoms with Crippen molar-refractivity contribution in [3.8, 4) is 17.3 Å². The Morgan fingerprint density at radius 3 is 2.90 bits per heavy atom. The van der Waals surface area contributed by atoms with Crippen LogP contribution in [0.1, 0.15) is 30.4 Å². The quantitative estimate of drug-likeness (QED) is 0.779. The lowest BCUT2D eigenvalue weighted by Gasteiger charge is -2.17. The van der Waals surface area contributed by atoms with Crippen LogP contribution in [0.15, 0.2) is 24.4 Å². The lowest BCUT2D eigenvalue weighted by atomic mass is 10.1. The lowest BCUT2D eigenvalue weighted by Crippen LogP contribution is -2.33. The zero-order chi connectivity index (χ0) is 20.6. The maximum atomic E-state index is 13.9. The van der Waals surface area contributed by atoms with E-state index in [1.807, 2.05) is 32.2 Å². The average Bonchev–Trinajstić information content (AvgIpc) is 3.33. The van der Waals surface area contributed by atoms with Gasteiger partial charge in [0.25, 0.3) is 5.91 Å². The van der Waals surface area contributed by atoms with Crippen molar-refractivity contribution in [1.29, 1.82) is 0 Å². The molecule has 0 spiro atoms. The van der Waals surface area contributed by atoms with E-state index >= 15 is 0 Å². The Hall–Kier alpha value is -2.25. The van der Waals surface area contributed by atoms with Gasteiger partial charge >= 0.3 is 0 Å². The molecule has 1 aliphatic carbocycles. The fourth-order valence-electron chi connectivity index (χ4n) is 3.30. The normalized spacial score (nSPS) is 20.5. The second-order valence-electron chi connectivity index (χ2n) is 7.93. The molecule has 29 heavy (non-hydrogen) atoms. The van der Waals surface area contributed by atoms with Gasteiger partial charge in [0.2, 0.25) is 5.88 Å². The van der Waals surface area contributed by atoms with Crippen molar-refractivity contribution in [1.82, 2.24) is 20.2 Å². The van der Waals surface area contributed by atoms with Gasteiger partial charge in [-0.15, -0.1) is 0 Å². The Kier molecular flexibility index (Phi) is 5.44. The number of alkyl halides is 1. The number of aryl methyl sites for hydroxylation is 1. The number of ether oxygens (including phenoxy) is 1. The number of likely N-dealkylation sites (tertiary alicyclic amines) is 1. The molecule has 1 atom stereocenters. The van der Waals surface area contributed by atoms with Crippen LogP contribution in [0.4, 0.5) is 4.39 Å². The van der Waals surface area contributed by atoms with Crippen molar-refractivity contribution in [3.63, 3.8) is 0 Å². The molecule has 0 radical (unpaired) electrons. The first-order chi connectivity index (χ1) is 13.8. The molecule has 1 aromatic heterocycles. The van der Waals surface area contributed by atoms with Gasteiger partial charge in [0, 0.05) is 36.4 Å². The summed E-state index contributed by atoms with van der Waals surface area (Å²) in [5, 5.41) is 3.28. The molecule has 2 heterocycles. The van der Waals surface area contributed by atoms with E-state index in [1.165, 1.54) is 0 Å². The molecule has 154 valence electrons. The van der Waals surface area contributed by atoms with Gasteiger partial charge in [-0.3, -0.25) is 4.79 Å². The molecule has 1 N–H and O–H groups in total. The minimum absolute atomic E-state index is 0.00903. The van der Waals surface area contributed by atoms with E-state index in [0.717, 1.165) is 30.6 Å². The van der Waals surface area contributed by atoms with Crippen LogP contribution in [0.3, 0.4) is 0 Å². The van der Waals surface area contributed by atoms with E-state index in [-0.39, 0.29) is 25.5 Å². The summed E-state index contributed by atoms with van der Waals surface area (Å²) in [6.07, 6.45) is 3.09. The summed E-state index contributed by atoms with van der Waals surface area (Å²) in [6, 6.07) is 5.64. The van der Waals surface area contributed by atoms with Crippen LogP contribution in [0.25, 0.3) is 11.4 Å². The summed E-state index contributed by atoms with van der Waals surface area (Å²) in [7, 11) is 2.04. The van der Waals surface area contributed by atoms with Crippen LogP contribution in [-0.4, -0.2) is 52.7 Å². The molecule has 1 amide bonds.